The van der Waals surface area contributed by atoms with Crippen molar-refractivity contribution in [3.05, 3.63) is 22.8 Å². The average Bonchev–Trinajstić information content (AvgIpc) is 2.42. The molecule has 0 fully saturated rings. The van der Waals surface area contributed by atoms with Gasteiger partial charge in [-0.25, -0.2) is 0 Å². The predicted octanol–water partition coefficient (Wildman–Crippen LogP) is 1.63. The molecule has 1 aliphatic rings. The predicted molar refractivity (Wildman–Crippen MR) is 54.3 cm³/mol. The van der Waals surface area contributed by atoms with Gasteiger partial charge in [0.05, 0.1) is 6.07 Å². The monoisotopic (exact) mass is 190 g/mol. The second kappa shape index (κ2) is 4.10. The maximum absolute atomic E-state index is 11.4. The van der Waals surface area contributed by atoms with E-state index in [1.54, 1.807) is 11.9 Å². The van der Waals surface area contributed by atoms with Crippen LogP contribution in [0.4, 0.5) is 0 Å². The number of allylic oxidation sites excluding steroid dienone is 1. The summed E-state index contributed by atoms with van der Waals surface area (Å²) in [4.78, 5) is 13.1. The molecule has 3 nitrogen and oxygen atoms in total. The minimum Gasteiger partial charge on any atom is -0.338 e. The quantitative estimate of drug-likeness (QED) is 0.621. The van der Waals surface area contributed by atoms with Crippen molar-refractivity contribution in [2.45, 2.75) is 20.3 Å². The maximum Gasteiger partial charge on any atom is 0.249 e. The minimum absolute atomic E-state index is 0.0599. The highest BCUT2D eigenvalue weighted by molar-refractivity contribution is 5.97. The molecule has 1 amide bonds. The molecule has 74 valence electrons. The van der Waals surface area contributed by atoms with E-state index in [1.807, 2.05) is 19.9 Å². The van der Waals surface area contributed by atoms with Gasteiger partial charge in [-0.05, 0) is 25.0 Å². The van der Waals surface area contributed by atoms with Gasteiger partial charge in [-0.1, -0.05) is 6.92 Å². The van der Waals surface area contributed by atoms with Crippen LogP contribution < -0.4 is 0 Å². The summed E-state index contributed by atoms with van der Waals surface area (Å²) in [7, 11) is 1.77. The van der Waals surface area contributed by atoms with Gasteiger partial charge in [-0.2, -0.15) is 5.26 Å². The highest BCUT2D eigenvalue weighted by atomic mass is 16.2. The molecule has 0 aromatic carbocycles. The molecular weight excluding hydrogens is 176 g/mol. The van der Waals surface area contributed by atoms with Crippen molar-refractivity contribution in [1.82, 2.24) is 4.90 Å². The van der Waals surface area contributed by atoms with E-state index in [-0.39, 0.29) is 5.91 Å². The second-order valence-corrected chi connectivity index (χ2v) is 3.45. The van der Waals surface area contributed by atoms with Crippen LogP contribution in [0.25, 0.3) is 0 Å². The Morgan fingerprint density at radius 2 is 2.36 bits per heavy atom. The fraction of sp³-hybridized carbons (Fsp3) is 0.455. The first-order valence-corrected chi connectivity index (χ1v) is 4.66. The molecule has 0 saturated carbocycles. The molecule has 0 aliphatic carbocycles. The minimum atomic E-state index is 0.0599. The number of likely N-dealkylation sites (N-methyl/N-ethyl adjacent to an activating group) is 1. The molecule has 0 N–H and O–H groups in total. The number of nitriles is 1. The van der Waals surface area contributed by atoms with Gasteiger partial charge in [-0.15, -0.1) is 0 Å². The van der Waals surface area contributed by atoms with Crippen LogP contribution in [0.2, 0.25) is 0 Å². The smallest absolute Gasteiger partial charge is 0.249 e. The number of amides is 1. The summed E-state index contributed by atoms with van der Waals surface area (Å²) in [5.74, 6) is 0.0599. The number of hydrogen-bond acceptors (Lipinski definition) is 2. The topological polar surface area (TPSA) is 44.1 Å². The summed E-state index contributed by atoms with van der Waals surface area (Å²) in [5.41, 5.74) is 2.45. The van der Waals surface area contributed by atoms with Crippen LogP contribution in [0.5, 0.6) is 0 Å². The van der Waals surface area contributed by atoms with Gasteiger partial charge in [0.1, 0.15) is 0 Å². The third-order valence-electron chi connectivity index (χ3n) is 2.43. The molecular formula is C11H14N2O. The molecule has 1 rings (SSSR count). The lowest BCUT2D eigenvalue weighted by atomic mass is 10.1. The summed E-state index contributed by atoms with van der Waals surface area (Å²) in [6.07, 6.45) is 2.54. The van der Waals surface area contributed by atoms with Crippen molar-refractivity contribution < 1.29 is 4.79 Å². The van der Waals surface area contributed by atoms with E-state index >= 15 is 0 Å². The largest absolute Gasteiger partial charge is 0.338 e. The molecule has 0 aromatic rings. The number of rotatable bonds is 2. The molecule has 0 aromatic heterocycles. The lowest BCUT2D eigenvalue weighted by Gasteiger charge is -2.06. The van der Waals surface area contributed by atoms with E-state index in [2.05, 4.69) is 6.07 Å². The Kier molecular flexibility index (Phi) is 3.08. The third-order valence-corrected chi connectivity index (χ3v) is 2.43. The number of hydrogen-bond donors (Lipinski definition) is 0. The summed E-state index contributed by atoms with van der Waals surface area (Å²) in [6.45, 7) is 4.36. The summed E-state index contributed by atoms with van der Waals surface area (Å²) < 4.78 is 0. The Labute approximate surface area is 84.3 Å². The molecule has 0 spiro atoms. The maximum atomic E-state index is 11.4. The molecule has 0 unspecified atom stereocenters. The second-order valence-electron chi connectivity index (χ2n) is 3.45. The van der Waals surface area contributed by atoms with Crippen LogP contribution in [-0.4, -0.2) is 24.4 Å². The standard InChI is InChI=1S/C11H14N2O/c1-4-9(6-12)5-10-7-13(3)11(14)8(10)2/h5H,4,7H2,1-3H3/b9-5+. The van der Waals surface area contributed by atoms with Crippen molar-refractivity contribution in [1.29, 1.82) is 5.26 Å². The Balaban J connectivity index is 2.97. The molecule has 1 heterocycles. The fourth-order valence-electron chi connectivity index (χ4n) is 1.45. The first-order chi connectivity index (χ1) is 6.60. The molecule has 0 radical (unpaired) electrons. The molecule has 0 saturated heterocycles. The van der Waals surface area contributed by atoms with Crippen LogP contribution >= 0.6 is 0 Å². The number of nitrogens with zero attached hydrogens (tertiary/aromatic N) is 2. The van der Waals surface area contributed by atoms with E-state index in [4.69, 9.17) is 5.26 Å². The zero-order valence-electron chi connectivity index (χ0n) is 8.79. The highest BCUT2D eigenvalue weighted by Crippen LogP contribution is 2.19. The SMILES string of the molecule is CC/C(C#N)=C\C1=C(C)C(=O)N(C)C1. The lowest BCUT2D eigenvalue weighted by Crippen LogP contribution is -2.21. The lowest BCUT2D eigenvalue weighted by molar-refractivity contribution is -0.124. The third kappa shape index (κ3) is 1.85. The van der Waals surface area contributed by atoms with Gasteiger partial charge in [0, 0.05) is 24.7 Å². The Morgan fingerprint density at radius 1 is 1.71 bits per heavy atom. The van der Waals surface area contributed by atoms with Crippen LogP contribution in [0, 0.1) is 11.3 Å². The van der Waals surface area contributed by atoms with E-state index in [9.17, 15) is 4.79 Å². The number of carbonyl (C=O) groups excluding carboxylic acids is 1. The van der Waals surface area contributed by atoms with Crippen molar-refractivity contribution in [3.63, 3.8) is 0 Å². The van der Waals surface area contributed by atoms with Crippen molar-refractivity contribution in [2.24, 2.45) is 0 Å². The van der Waals surface area contributed by atoms with Crippen LogP contribution in [0.1, 0.15) is 20.3 Å². The van der Waals surface area contributed by atoms with Gasteiger partial charge >= 0.3 is 0 Å². The fourth-order valence-corrected chi connectivity index (χ4v) is 1.45. The van der Waals surface area contributed by atoms with Crippen molar-refractivity contribution in [2.75, 3.05) is 13.6 Å². The molecule has 1 aliphatic heterocycles. The number of carbonyl (C=O) groups is 1. The summed E-state index contributed by atoms with van der Waals surface area (Å²) in [5, 5.41) is 8.77. The van der Waals surface area contributed by atoms with E-state index in [1.165, 1.54) is 0 Å². The van der Waals surface area contributed by atoms with Crippen LogP contribution in [0.15, 0.2) is 22.8 Å². The van der Waals surface area contributed by atoms with Gasteiger partial charge < -0.3 is 4.90 Å². The van der Waals surface area contributed by atoms with Gasteiger partial charge in [0.25, 0.3) is 0 Å². The Bertz CT molecular complexity index is 358. The molecule has 3 heteroatoms. The molecule has 0 atom stereocenters. The molecule has 0 bridgehead atoms. The van der Waals surface area contributed by atoms with Gasteiger partial charge in [0.2, 0.25) is 5.91 Å². The zero-order chi connectivity index (χ0) is 10.7. The van der Waals surface area contributed by atoms with Crippen molar-refractivity contribution in [3.8, 4) is 6.07 Å². The van der Waals surface area contributed by atoms with Gasteiger partial charge in [0.15, 0.2) is 0 Å². The zero-order valence-corrected chi connectivity index (χ0v) is 8.79. The van der Waals surface area contributed by atoms with Crippen LogP contribution in [-0.2, 0) is 4.79 Å². The highest BCUT2D eigenvalue weighted by Gasteiger charge is 2.22. The van der Waals surface area contributed by atoms with Crippen LogP contribution in [0.3, 0.4) is 0 Å². The van der Waals surface area contributed by atoms with Gasteiger partial charge in [-0.3, -0.25) is 4.79 Å². The summed E-state index contributed by atoms with van der Waals surface area (Å²) >= 11 is 0. The Morgan fingerprint density at radius 3 is 2.71 bits per heavy atom. The average molecular weight is 190 g/mol. The first-order valence-electron chi connectivity index (χ1n) is 4.66. The van der Waals surface area contributed by atoms with E-state index in [0.717, 1.165) is 16.7 Å². The van der Waals surface area contributed by atoms with E-state index in [0.29, 0.717) is 13.0 Å². The molecule has 14 heavy (non-hydrogen) atoms. The van der Waals surface area contributed by atoms with E-state index < -0.39 is 0 Å². The van der Waals surface area contributed by atoms with Crippen molar-refractivity contribution >= 4 is 5.91 Å². The summed E-state index contributed by atoms with van der Waals surface area (Å²) in [6, 6.07) is 2.13. The Hall–Kier alpha value is -1.56. The first kappa shape index (κ1) is 10.5. The normalized spacial score (nSPS) is 17.7.